The van der Waals surface area contributed by atoms with Gasteiger partial charge < -0.3 is 0 Å². The summed E-state index contributed by atoms with van der Waals surface area (Å²) in [5.41, 5.74) is 1.84. The molecule has 0 bridgehead atoms. The van der Waals surface area contributed by atoms with Crippen molar-refractivity contribution in [2.45, 2.75) is 13.0 Å². The number of aromatic nitrogens is 2. The molecule has 0 fully saturated rings. The Bertz CT molecular complexity index is 762. The average Bonchev–Trinajstić information content (AvgIpc) is 2.48. The molecule has 3 heteroatoms. The predicted molar refractivity (Wildman–Crippen MR) is 76.3 cm³/mol. The molecule has 3 rings (SSSR count). The van der Waals surface area contributed by atoms with Gasteiger partial charge in [-0.3, -0.25) is 9.36 Å². The van der Waals surface area contributed by atoms with E-state index < -0.39 is 0 Å². The number of rotatable bonds is 2. The van der Waals surface area contributed by atoms with E-state index in [0.29, 0.717) is 5.39 Å². The van der Waals surface area contributed by atoms with Gasteiger partial charge in [0.1, 0.15) is 0 Å². The molecule has 2 aromatic carbocycles. The smallest absolute Gasteiger partial charge is 0.261 e. The molecule has 1 heterocycles. The van der Waals surface area contributed by atoms with E-state index in [1.807, 2.05) is 61.5 Å². The largest absolute Gasteiger partial charge is 0.291 e. The fourth-order valence-electron chi connectivity index (χ4n) is 2.25. The van der Waals surface area contributed by atoms with Crippen molar-refractivity contribution >= 4 is 10.9 Å². The summed E-state index contributed by atoms with van der Waals surface area (Å²) in [5, 5.41) is 0.660. The van der Waals surface area contributed by atoms with Gasteiger partial charge in [0, 0.05) is 0 Å². The van der Waals surface area contributed by atoms with Gasteiger partial charge in [0.05, 0.1) is 23.3 Å². The summed E-state index contributed by atoms with van der Waals surface area (Å²) in [7, 11) is 0. The fraction of sp³-hybridized carbons (Fsp3) is 0.125. The standard InChI is InChI=1S/C16H14N2O/c1-12(13-7-3-2-4-8-13)18-11-17-15-10-6-5-9-14(15)16(18)19/h2-12H,1H3/t12-/m1/s1. The van der Waals surface area contributed by atoms with Crippen molar-refractivity contribution in [3.05, 3.63) is 76.8 Å². The molecule has 0 spiro atoms. The Labute approximate surface area is 111 Å². The normalized spacial score (nSPS) is 12.5. The van der Waals surface area contributed by atoms with Crippen LogP contribution in [0.2, 0.25) is 0 Å². The number of hydrogen-bond acceptors (Lipinski definition) is 2. The first-order chi connectivity index (χ1) is 9.27. The molecule has 94 valence electrons. The summed E-state index contributed by atoms with van der Waals surface area (Å²) < 4.78 is 1.68. The van der Waals surface area contributed by atoms with E-state index in [2.05, 4.69) is 4.98 Å². The third-order valence-electron chi connectivity index (χ3n) is 3.39. The molecule has 0 aliphatic heterocycles. The number of nitrogens with zero attached hydrogens (tertiary/aromatic N) is 2. The Morgan fingerprint density at radius 1 is 1.00 bits per heavy atom. The van der Waals surface area contributed by atoms with Gasteiger partial charge in [0.15, 0.2) is 0 Å². The van der Waals surface area contributed by atoms with Gasteiger partial charge in [0.2, 0.25) is 0 Å². The fourth-order valence-corrected chi connectivity index (χ4v) is 2.25. The van der Waals surface area contributed by atoms with Crippen LogP contribution in [0.25, 0.3) is 10.9 Å². The minimum absolute atomic E-state index is 0.00181. The number of benzene rings is 2. The van der Waals surface area contributed by atoms with Gasteiger partial charge in [-0.1, -0.05) is 42.5 Å². The molecule has 0 radical (unpaired) electrons. The Hall–Kier alpha value is -2.42. The van der Waals surface area contributed by atoms with Crippen LogP contribution in [0, 0.1) is 0 Å². The monoisotopic (exact) mass is 250 g/mol. The molecule has 3 aromatic rings. The van der Waals surface area contributed by atoms with E-state index >= 15 is 0 Å². The lowest BCUT2D eigenvalue weighted by Crippen LogP contribution is -2.24. The van der Waals surface area contributed by atoms with Crippen LogP contribution in [0.1, 0.15) is 18.5 Å². The van der Waals surface area contributed by atoms with Crippen LogP contribution in [0.4, 0.5) is 0 Å². The van der Waals surface area contributed by atoms with Crippen molar-refractivity contribution in [1.29, 1.82) is 0 Å². The summed E-state index contributed by atoms with van der Waals surface area (Å²) in [6, 6.07) is 17.4. The van der Waals surface area contributed by atoms with E-state index in [9.17, 15) is 4.79 Å². The summed E-state index contributed by atoms with van der Waals surface area (Å²) >= 11 is 0. The maximum Gasteiger partial charge on any atom is 0.261 e. The van der Waals surface area contributed by atoms with Gasteiger partial charge in [-0.15, -0.1) is 0 Å². The van der Waals surface area contributed by atoms with Crippen molar-refractivity contribution in [3.63, 3.8) is 0 Å². The molecule has 0 saturated heterocycles. The highest BCUT2D eigenvalue weighted by Crippen LogP contribution is 2.16. The maximum atomic E-state index is 12.5. The summed E-state index contributed by atoms with van der Waals surface area (Å²) in [5.74, 6) is 0. The van der Waals surface area contributed by atoms with Crippen molar-refractivity contribution in [1.82, 2.24) is 9.55 Å². The van der Waals surface area contributed by atoms with Gasteiger partial charge in [-0.2, -0.15) is 0 Å². The molecule has 3 nitrogen and oxygen atoms in total. The van der Waals surface area contributed by atoms with E-state index in [1.54, 1.807) is 10.9 Å². The number of para-hydroxylation sites is 1. The maximum absolute atomic E-state index is 12.5. The molecule has 0 amide bonds. The lowest BCUT2D eigenvalue weighted by atomic mass is 10.1. The minimum atomic E-state index is -0.0224. The first-order valence-electron chi connectivity index (χ1n) is 6.28. The number of hydrogen-bond donors (Lipinski definition) is 0. The zero-order chi connectivity index (χ0) is 13.2. The molecule has 0 aliphatic rings. The lowest BCUT2D eigenvalue weighted by Gasteiger charge is -2.15. The van der Waals surface area contributed by atoms with Gasteiger partial charge in [-0.05, 0) is 24.6 Å². The Morgan fingerprint density at radius 2 is 1.68 bits per heavy atom. The van der Waals surface area contributed by atoms with Crippen LogP contribution in [-0.2, 0) is 0 Å². The highest BCUT2D eigenvalue weighted by molar-refractivity contribution is 5.76. The van der Waals surface area contributed by atoms with Crippen molar-refractivity contribution in [3.8, 4) is 0 Å². The Kier molecular flexibility index (Phi) is 2.88. The van der Waals surface area contributed by atoms with Crippen LogP contribution < -0.4 is 5.56 Å². The quantitative estimate of drug-likeness (QED) is 0.700. The van der Waals surface area contributed by atoms with Gasteiger partial charge in [-0.25, -0.2) is 4.98 Å². The second kappa shape index (κ2) is 4.69. The molecule has 0 aliphatic carbocycles. The number of fused-ring (bicyclic) bond motifs is 1. The molecule has 19 heavy (non-hydrogen) atoms. The summed E-state index contributed by atoms with van der Waals surface area (Å²) in [6.07, 6.45) is 1.63. The van der Waals surface area contributed by atoms with E-state index in [0.717, 1.165) is 11.1 Å². The zero-order valence-electron chi connectivity index (χ0n) is 10.7. The van der Waals surface area contributed by atoms with Crippen LogP contribution in [0.5, 0.6) is 0 Å². The SMILES string of the molecule is C[C@H](c1ccccc1)n1cnc2ccccc2c1=O. The third-order valence-corrected chi connectivity index (χ3v) is 3.39. The lowest BCUT2D eigenvalue weighted by molar-refractivity contribution is 0.609. The topological polar surface area (TPSA) is 34.9 Å². The summed E-state index contributed by atoms with van der Waals surface area (Å²) in [6.45, 7) is 2.01. The second-order valence-electron chi connectivity index (χ2n) is 4.56. The van der Waals surface area contributed by atoms with Crippen molar-refractivity contribution in [2.75, 3.05) is 0 Å². The molecule has 0 unspecified atom stereocenters. The first kappa shape index (κ1) is 11.7. The molecular formula is C16H14N2O. The Morgan fingerprint density at radius 3 is 2.47 bits per heavy atom. The van der Waals surface area contributed by atoms with E-state index in [-0.39, 0.29) is 11.6 Å². The van der Waals surface area contributed by atoms with E-state index in [4.69, 9.17) is 0 Å². The third kappa shape index (κ3) is 2.03. The van der Waals surface area contributed by atoms with Crippen LogP contribution >= 0.6 is 0 Å². The van der Waals surface area contributed by atoms with Crippen molar-refractivity contribution in [2.24, 2.45) is 0 Å². The zero-order valence-corrected chi connectivity index (χ0v) is 10.7. The molecular weight excluding hydrogens is 236 g/mol. The van der Waals surface area contributed by atoms with Crippen LogP contribution in [0.3, 0.4) is 0 Å². The Balaban J connectivity index is 2.16. The molecule has 1 aromatic heterocycles. The first-order valence-corrected chi connectivity index (χ1v) is 6.28. The van der Waals surface area contributed by atoms with E-state index in [1.165, 1.54) is 0 Å². The summed E-state index contributed by atoms with van der Waals surface area (Å²) in [4.78, 5) is 16.8. The second-order valence-corrected chi connectivity index (χ2v) is 4.56. The molecule has 0 N–H and O–H groups in total. The molecule has 0 saturated carbocycles. The van der Waals surface area contributed by atoms with Crippen LogP contribution in [0.15, 0.2) is 65.7 Å². The van der Waals surface area contributed by atoms with Gasteiger partial charge in [0.25, 0.3) is 5.56 Å². The van der Waals surface area contributed by atoms with Crippen LogP contribution in [-0.4, -0.2) is 9.55 Å². The average molecular weight is 250 g/mol. The molecule has 1 atom stereocenters. The minimum Gasteiger partial charge on any atom is -0.291 e. The highest BCUT2D eigenvalue weighted by atomic mass is 16.1. The predicted octanol–water partition coefficient (Wildman–Crippen LogP) is 3.01. The van der Waals surface area contributed by atoms with Gasteiger partial charge >= 0.3 is 0 Å². The van der Waals surface area contributed by atoms with Crippen molar-refractivity contribution < 1.29 is 0 Å². The highest BCUT2D eigenvalue weighted by Gasteiger charge is 2.11.